The van der Waals surface area contributed by atoms with Crippen LogP contribution >= 0.6 is 0 Å². The Morgan fingerprint density at radius 2 is 0.836 bits per heavy atom. The molecule has 0 radical (unpaired) electrons. The van der Waals surface area contributed by atoms with Crippen LogP contribution in [0, 0.1) is 13.8 Å². The van der Waals surface area contributed by atoms with Gasteiger partial charge in [-0.05, 0) is 127 Å². The van der Waals surface area contributed by atoms with Gasteiger partial charge in [-0.1, -0.05) is 163 Å². The number of para-hydroxylation sites is 1. The van der Waals surface area contributed by atoms with E-state index in [2.05, 4.69) is 206 Å². The first kappa shape index (κ1) is 31.6. The summed E-state index contributed by atoms with van der Waals surface area (Å²) in [6, 6.07) is 69.9. The molecule has 0 aliphatic carbocycles. The Kier molecular flexibility index (Phi) is 7.06. The van der Waals surface area contributed by atoms with Crippen LogP contribution in [0.5, 0.6) is 0 Å². The molecular formula is C54H37N. The molecule has 11 rings (SSSR count). The lowest BCUT2D eigenvalue weighted by Crippen LogP contribution is -1.95. The zero-order valence-electron chi connectivity index (χ0n) is 30.8. The fourth-order valence-corrected chi connectivity index (χ4v) is 8.94. The minimum Gasteiger partial charge on any atom is -0.309 e. The van der Waals surface area contributed by atoms with Gasteiger partial charge in [0, 0.05) is 16.5 Å². The molecule has 55 heavy (non-hydrogen) atoms. The molecule has 0 fully saturated rings. The van der Waals surface area contributed by atoms with Gasteiger partial charge in [0.2, 0.25) is 0 Å². The van der Waals surface area contributed by atoms with E-state index in [1.807, 2.05) is 0 Å². The number of fused-ring (bicyclic) bond motifs is 3. The van der Waals surface area contributed by atoms with Crippen molar-refractivity contribution in [2.45, 2.75) is 13.8 Å². The first-order valence-electron chi connectivity index (χ1n) is 19.2. The number of aryl methyl sites for hydroxylation is 2. The van der Waals surface area contributed by atoms with Crippen molar-refractivity contribution in [3.05, 3.63) is 199 Å². The summed E-state index contributed by atoms with van der Waals surface area (Å²) >= 11 is 0. The normalized spacial score (nSPS) is 11.8. The summed E-state index contributed by atoms with van der Waals surface area (Å²) < 4.78 is 2.41. The lowest BCUT2D eigenvalue weighted by molar-refractivity contribution is 1.18. The van der Waals surface area contributed by atoms with E-state index in [1.165, 1.54) is 110 Å². The lowest BCUT2D eigenvalue weighted by Gasteiger charge is -2.20. The highest BCUT2D eigenvalue weighted by Crippen LogP contribution is 2.46. The van der Waals surface area contributed by atoms with Crippen LogP contribution in [-0.4, -0.2) is 4.57 Å². The van der Waals surface area contributed by atoms with Gasteiger partial charge in [-0.15, -0.1) is 0 Å². The lowest BCUT2D eigenvalue weighted by atomic mass is 9.84. The Labute approximate surface area is 320 Å². The molecule has 11 aromatic rings. The average Bonchev–Trinajstić information content (AvgIpc) is 3.57. The number of benzene rings is 10. The van der Waals surface area contributed by atoms with Crippen LogP contribution in [0.2, 0.25) is 0 Å². The Balaban J connectivity index is 1.12. The quantitative estimate of drug-likeness (QED) is 0.158. The first-order valence-corrected chi connectivity index (χ1v) is 19.2. The van der Waals surface area contributed by atoms with Crippen molar-refractivity contribution in [3.8, 4) is 50.2 Å². The molecule has 0 unspecified atom stereocenters. The van der Waals surface area contributed by atoms with Crippen LogP contribution < -0.4 is 0 Å². The number of rotatable bonds is 5. The van der Waals surface area contributed by atoms with Crippen molar-refractivity contribution in [2.24, 2.45) is 0 Å². The highest BCUT2D eigenvalue weighted by molar-refractivity contribution is 6.30. The van der Waals surface area contributed by atoms with Crippen LogP contribution in [0.3, 0.4) is 0 Å². The molecule has 1 aromatic heterocycles. The van der Waals surface area contributed by atoms with E-state index >= 15 is 0 Å². The molecule has 0 saturated carbocycles. The van der Waals surface area contributed by atoms with E-state index in [4.69, 9.17) is 0 Å². The number of hydrogen-bond donors (Lipinski definition) is 0. The number of nitrogens with zero attached hydrogens (tertiary/aromatic N) is 1. The first-order chi connectivity index (χ1) is 27.1. The van der Waals surface area contributed by atoms with Crippen molar-refractivity contribution < 1.29 is 0 Å². The van der Waals surface area contributed by atoms with Gasteiger partial charge in [-0.3, -0.25) is 0 Å². The van der Waals surface area contributed by atoms with Crippen LogP contribution in [0.25, 0.3) is 104 Å². The second-order valence-electron chi connectivity index (χ2n) is 15.1. The van der Waals surface area contributed by atoms with Crippen molar-refractivity contribution in [3.63, 3.8) is 0 Å². The third kappa shape index (κ3) is 5.01. The molecular weight excluding hydrogens is 663 g/mol. The summed E-state index contributed by atoms with van der Waals surface area (Å²) in [6.45, 7) is 4.31. The summed E-state index contributed by atoms with van der Waals surface area (Å²) in [4.78, 5) is 0. The third-order valence-corrected chi connectivity index (χ3v) is 11.7. The van der Waals surface area contributed by atoms with Gasteiger partial charge < -0.3 is 4.57 Å². The van der Waals surface area contributed by atoms with Gasteiger partial charge in [0.05, 0.1) is 11.0 Å². The molecule has 0 atom stereocenters. The van der Waals surface area contributed by atoms with Crippen LogP contribution in [0.1, 0.15) is 11.1 Å². The molecule has 1 nitrogen and oxygen atoms in total. The predicted octanol–water partition coefficient (Wildman–Crippen LogP) is 15.0. The van der Waals surface area contributed by atoms with Gasteiger partial charge in [0.1, 0.15) is 0 Å². The minimum absolute atomic E-state index is 1.15. The fourth-order valence-electron chi connectivity index (χ4n) is 8.94. The Morgan fingerprint density at radius 1 is 0.309 bits per heavy atom. The van der Waals surface area contributed by atoms with Crippen LogP contribution in [0.4, 0.5) is 0 Å². The monoisotopic (exact) mass is 699 g/mol. The summed E-state index contributed by atoms with van der Waals surface area (Å²) in [6.07, 6.45) is 0. The van der Waals surface area contributed by atoms with Gasteiger partial charge >= 0.3 is 0 Å². The van der Waals surface area contributed by atoms with Gasteiger partial charge in [-0.25, -0.2) is 0 Å². The molecule has 0 N–H and O–H groups in total. The summed E-state index contributed by atoms with van der Waals surface area (Å²) in [5.41, 5.74) is 16.1. The largest absolute Gasteiger partial charge is 0.309 e. The highest BCUT2D eigenvalue weighted by Gasteiger charge is 2.19. The Hall–Kier alpha value is -6.96. The molecule has 0 aliphatic heterocycles. The van der Waals surface area contributed by atoms with E-state index in [0.717, 1.165) is 5.69 Å². The molecule has 0 spiro atoms. The third-order valence-electron chi connectivity index (χ3n) is 11.7. The number of aromatic nitrogens is 1. The standard InChI is InChI=1S/C54H37N/c1-34-12-16-37(17-13-34)43-27-22-40-23-28-46-48(38-18-14-35(2)15-19-38)33-49(47-30-29-45(43)53(40)54(46)47)39-20-25-42(26-21-39)55-51-11-7-6-10-44(51)50-32-41(24-31-52(50)55)36-8-4-3-5-9-36/h3-33H,1-2H3. The topological polar surface area (TPSA) is 4.93 Å². The van der Waals surface area contributed by atoms with Gasteiger partial charge in [0.25, 0.3) is 0 Å². The van der Waals surface area contributed by atoms with Crippen molar-refractivity contribution >= 4 is 54.1 Å². The summed E-state index contributed by atoms with van der Waals surface area (Å²) in [5.74, 6) is 0. The van der Waals surface area contributed by atoms with Crippen molar-refractivity contribution in [2.75, 3.05) is 0 Å². The van der Waals surface area contributed by atoms with Crippen molar-refractivity contribution in [1.82, 2.24) is 4.57 Å². The van der Waals surface area contributed by atoms with Crippen molar-refractivity contribution in [1.29, 1.82) is 0 Å². The second-order valence-corrected chi connectivity index (χ2v) is 15.1. The molecule has 0 amide bonds. The van der Waals surface area contributed by atoms with Gasteiger partial charge in [-0.2, -0.15) is 0 Å². The Bertz CT molecular complexity index is 3220. The van der Waals surface area contributed by atoms with E-state index in [-0.39, 0.29) is 0 Å². The number of hydrogen-bond acceptors (Lipinski definition) is 0. The summed E-state index contributed by atoms with van der Waals surface area (Å²) in [5, 5.41) is 10.3. The van der Waals surface area contributed by atoms with E-state index in [1.54, 1.807) is 0 Å². The summed E-state index contributed by atoms with van der Waals surface area (Å²) in [7, 11) is 0. The van der Waals surface area contributed by atoms with Crippen LogP contribution in [-0.2, 0) is 0 Å². The molecule has 1 heteroatoms. The molecule has 10 aromatic carbocycles. The van der Waals surface area contributed by atoms with Crippen LogP contribution in [0.15, 0.2) is 188 Å². The molecule has 0 aliphatic rings. The fraction of sp³-hybridized carbons (Fsp3) is 0.0370. The highest BCUT2D eigenvalue weighted by atomic mass is 15.0. The van der Waals surface area contributed by atoms with Gasteiger partial charge in [0.15, 0.2) is 0 Å². The SMILES string of the molecule is Cc1ccc(-c2ccc3ccc4c(-c5ccc(C)cc5)cc(-c5ccc(-n6c7ccccc7c7cc(-c8ccccc8)ccc76)cc5)c5ccc2c3c45)cc1. The van der Waals surface area contributed by atoms with E-state index in [9.17, 15) is 0 Å². The Morgan fingerprint density at radius 3 is 1.53 bits per heavy atom. The molecule has 0 saturated heterocycles. The molecule has 1 heterocycles. The zero-order chi connectivity index (χ0) is 36.6. The second kappa shape index (κ2) is 12.3. The minimum atomic E-state index is 1.15. The zero-order valence-corrected chi connectivity index (χ0v) is 30.8. The van der Waals surface area contributed by atoms with E-state index in [0.29, 0.717) is 0 Å². The maximum atomic E-state index is 2.42. The van der Waals surface area contributed by atoms with E-state index < -0.39 is 0 Å². The maximum absolute atomic E-state index is 2.42. The predicted molar refractivity (Wildman–Crippen MR) is 236 cm³/mol. The molecule has 258 valence electrons. The average molecular weight is 700 g/mol. The smallest absolute Gasteiger partial charge is 0.0541 e. The maximum Gasteiger partial charge on any atom is 0.0541 e. The molecule has 0 bridgehead atoms.